The van der Waals surface area contributed by atoms with Gasteiger partial charge in [-0.25, -0.2) is 9.59 Å². The number of alkyl halides is 3. The van der Waals surface area contributed by atoms with E-state index in [1.165, 1.54) is 21.1 Å². The summed E-state index contributed by atoms with van der Waals surface area (Å²) >= 11 is 17.7. The first-order chi connectivity index (χ1) is 8.56. The highest BCUT2D eigenvalue weighted by Gasteiger charge is 2.70. The highest BCUT2D eigenvalue weighted by Crippen LogP contribution is 2.48. The summed E-state index contributed by atoms with van der Waals surface area (Å²) in [5.41, 5.74) is -1.94. The Kier molecular flexibility index (Phi) is 3.00. The third-order valence-corrected chi connectivity index (χ3v) is 4.05. The van der Waals surface area contributed by atoms with Crippen LogP contribution in [-0.4, -0.2) is 69.0 Å². The van der Waals surface area contributed by atoms with Crippen LogP contribution in [0.15, 0.2) is 4.99 Å². The van der Waals surface area contributed by atoms with Gasteiger partial charge in [-0.3, -0.25) is 14.6 Å². The van der Waals surface area contributed by atoms with Crippen LogP contribution in [0, 0.1) is 0 Å². The Bertz CT molecular complexity index is 529. The van der Waals surface area contributed by atoms with Gasteiger partial charge in [0.15, 0.2) is 5.84 Å². The summed E-state index contributed by atoms with van der Waals surface area (Å²) in [4.78, 5) is 42.4. The Balaban J connectivity index is 2.76. The highest BCUT2D eigenvalue weighted by molar-refractivity contribution is 6.71. The van der Waals surface area contributed by atoms with Crippen molar-refractivity contribution in [3.63, 3.8) is 0 Å². The monoisotopic (exact) mass is 326 g/mol. The fourth-order valence-corrected chi connectivity index (χ4v) is 3.06. The smallest absolute Gasteiger partial charge is 0.301 e. The van der Waals surface area contributed by atoms with E-state index >= 15 is 0 Å². The van der Waals surface area contributed by atoms with E-state index in [0.29, 0.717) is 0 Å². The van der Waals surface area contributed by atoms with Gasteiger partial charge in [0, 0.05) is 21.1 Å². The largest absolute Gasteiger partial charge is 0.346 e. The van der Waals surface area contributed by atoms with E-state index in [4.69, 9.17) is 34.8 Å². The average molecular weight is 328 g/mol. The quantitative estimate of drug-likeness (QED) is 0.625. The van der Waals surface area contributed by atoms with Crippen LogP contribution in [0.3, 0.4) is 0 Å². The maximum Gasteiger partial charge on any atom is 0.346 e. The van der Waals surface area contributed by atoms with Crippen LogP contribution in [0.1, 0.15) is 0 Å². The van der Waals surface area contributed by atoms with Gasteiger partial charge in [0.05, 0.1) is 0 Å². The molecule has 0 spiro atoms. The predicted molar refractivity (Wildman–Crippen MR) is 69.5 cm³/mol. The van der Waals surface area contributed by atoms with Crippen molar-refractivity contribution in [2.24, 2.45) is 4.99 Å². The number of aliphatic imine (C=N–C) groups is 1. The van der Waals surface area contributed by atoms with E-state index < -0.39 is 27.3 Å². The summed E-state index contributed by atoms with van der Waals surface area (Å²) in [6.45, 7) is 0. The summed E-state index contributed by atoms with van der Waals surface area (Å²) in [5.74, 6) is -1.00. The van der Waals surface area contributed by atoms with Crippen molar-refractivity contribution in [2.45, 2.75) is 9.33 Å². The molecule has 0 aromatic rings. The Morgan fingerprint density at radius 1 is 1.05 bits per heavy atom. The zero-order valence-corrected chi connectivity index (χ0v) is 12.4. The molecule has 2 aliphatic heterocycles. The number of hydrogen-bond donors (Lipinski definition) is 0. The molecule has 2 rings (SSSR count). The Labute approximate surface area is 123 Å². The van der Waals surface area contributed by atoms with Crippen LogP contribution < -0.4 is 0 Å². The number of imide groups is 1. The number of amidine groups is 1. The molecular weight excluding hydrogens is 318 g/mol. The molecule has 7 nitrogen and oxygen atoms in total. The van der Waals surface area contributed by atoms with Crippen molar-refractivity contribution in [3.05, 3.63) is 0 Å². The summed E-state index contributed by atoms with van der Waals surface area (Å²) < 4.78 is -2.17. The third kappa shape index (κ3) is 1.52. The molecule has 0 saturated carbocycles. The molecule has 19 heavy (non-hydrogen) atoms. The molecular formula is C9H9Cl3N4O3. The summed E-state index contributed by atoms with van der Waals surface area (Å²) in [6, 6.07) is -1.42. The normalized spacial score (nSPS) is 28.0. The fraction of sp³-hybridized carbons (Fsp3) is 0.556. The molecule has 1 saturated heterocycles. The third-order valence-electron chi connectivity index (χ3n) is 3.23. The summed E-state index contributed by atoms with van der Waals surface area (Å²) in [7, 11) is 3.88. The lowest BCUT2D eigenvalue weighted by Crippen LogP contribution is -2.75. The topological polar surface area (TPSA) is 73.3 Å². The molecule has 0 aromatic heterocycles. The van der Waals surface area contributed by atoms with Gasteiger partial charge >= 0.3 is 12.1 Å². The van der Waals surface area contributed by atoms with Gasteiger partial charge < -0.3 is 4.90 Å². The van der Waals surface area contributed by atoms with E-state index in [2.05, 4.69) is 4.99 Å². The second-order valence-electron chi connectivity index (χ2n) is 4.19. The number of rotatable bonds is 0. The first-order valence-corrected chi connectivity index (χ1v) is 6.19. The van der Waals surface area contributed by atoms with Gasteiger partial charge in [0.1, 0.15) is 0 Å². The lowest BCUT2D eigenvalue weighted by Gasteiger charge is -2.47. The van der Waals surface area contributed by atoms with E-state index in [9.17, 15) is 14.4 Å². The van der Waals surface area contributed by atoms with Crippen molar-refractivity contribution in [2.75, 3.05) is 21.1 Å². The first kappa shape index (κ1) is 14.4. The minimum atomic E-state index is -2.17. The van der Waals surface area contributed by atoms with Gasteiger partial charge in [0.25, 0.3) is 5.91 Å². The molecule has 2 heterocycles. The molecule has 5 amide bonds. The van der Waals surface area contributed by atoms with Gasteiger partial charge in [-0.1, -0.05) is 34.8 Å². The second-order valence-corrected chi connectivity index (χ2v) is 6.47. The van der Waals surface area contributed by atoms with Gasteiger partial charge in [-0.2, -0.15) is 4.99 Å². The molecule has 2 aliphatic rings. The van der Waals surface area contributed by atoms with Crippen molar-refractivity contribution >= 4 is 58.6 Å². The number of hydrogen-bond acceptors (Lipinski definition) is 3. The molecule has 1 atom stereocenters. The molecule has 10 heteroatoms. The standard InChI is InChI=1S/C9H9Cl3N4O3/c1-14-4-8(9(10,11)12,16(3)6(18)13-4)5(17)15(2)7(14)19/h1-3H3. The SMILES string of the molecule is CN1C(=O)N(C)C2=NC(=O)N(C)C2(C(Cl)(Cl)Cl)C1=O. The molecule has 0 aliphatic carbocycles. The average Bonchev–Trinajstić information content (AvgIpc) is 2.57. The Morgan fingerprint density at radius 2 is 1.58 bits per heavy atom. The zero-order chi connectivity index (χ0) is 14.7. The minimum absolute atomic E-state index is 0.187. The van der Waals surface area contributed by atoms with Crippen LogP contribution >= 0.6 is 34.8 Å². The van der Waals surface area contributed by atoms with E-state index in [1.54, 1.807) is 0 Å². The Hall–Kier alpha value is -1.05. The van der Waals surface area contributed by atoms with Crippen molar-refractivity contribution in [1.82, 2.24) is 14.7 Å². The lowest BCUT2D eigenvalue weighted by molar-refractivity contribution is -0.135. The van der Waals surface area contributed by atoms with Gasteiger partial charge in [-0.05, 0) is 0 Å². The molecule has 0 bridgehead atoms. The molecule has 0 radical (unpaired) electrons. The number of amides is 5. The maximum atomic E-state index is 12.4. The number of nitrogens with zero attached hydrogens (tertiary/aromatic N) is 4. The molecule has 0 aromatic carbocycles. The molecule has 104 valence electrons. The van der Waals surface area contributed by atoms with Crippen molar-refractivity contribution < 1.29 is 14.4 Å². The molecule has 1 unspecified atom stereocenters. The van der Waals surface area contributed by atoms with Gasteiger partial charge in [0.2, 0.25) is 9.33 Å². The molecule has 1 fully saturated rings. The minimum Gasteiger partial charge on any atom is -0.301 e. The predicted octanol–water partition coefficient (Wildman–Crippen LogP) is 1.08. The van der Waals surface area contributed by atoms with Crippen LogP contribution in [0.5, 0.6) is 0 Å². The summed E-state index contributed by atoms with van der Waals surface area (Å²) in [5, 5.41) is 0. The number of fused-ring (bicyclic) bond motifs is 1. The van der Waals surface area contributed by atoms with E-state index in [-0.39, 0.29) is 5.84 Å². The van der Waals surface area contributed by atoms with Crippen LogP contribution in [0.4, 0.5) is 9.59 Å². The number of halogens is 3. The van der Waals surface area contributed by atoms with Crippen molar-refractivity contribution in [3.8, 4) is 0 Å². The number of carbonyl (C=O) groups is 3. The van der Waals surface area contributed by atoms with Crippen LogP contribution in [0.25, 0.3) is 0 Å². The van der Waals surface area contributed by atoms with Crippen LogP contribution in [-0.2, 0) is 4.79 Å². The maximum absolute atomic E-state index is 12.4. The van der Waals surface area contributed by atoms with Crippen LogP contribution in [0.2, 0.25) is 0 Å². The second kappa shape index (κ2) is 3.97. The zero-order valence-electron chi connectivity index (χ0n) is 10.1. The molecule has 0 N–H and O–H groups in total. The lowest BCUT2D eigenvalue weighted by atomic mass is 9.94. The fourth-order valence-electron chi connectivity index (χ4n) is 2.18. The Morgan fingerprint density at radius 3 is 2.05 bits per heavy atom. The first-order valence-electron chi connectivity index (χ1n) is 5.06. The summed E-state index contributed by atoms with van der Waals surface area (Å²) in [6.07, 6.45) is 0. The van der Waals surface area contributed by atoms with E-state index in [1.807, 2.05) is 0 Å². The number of likely N-dealkylation sites (N-methyl/N-ethyl adjacent to an activating group) is 3. The number of carbonyl (C=O) groups excluding carboxylic acids is 3. The van der Waals surface area contributed by atoms with E-state index in [0.717, 1.165) is 14.7 Å². The van der Waals surface area contributed by atoms with Gasteiger partial charge in [-0.15, -0.1) is 0 Å². The van der Waals surface area contributed by atoms with Crippen molar-refractivity contribution in [1.29, 1.82) is 0 Å². The number of urea groups is 2. The highest BCUT2D eigenvalue weighted by atomic mass is 35.6.